The van der Waals surface area contributed by atoms with Crippen molar-refractivity contribution >= 4 is 0 Å². The van der Waals surface area contributed by atoms with Crippen molar-refractivity contribution in [1.29, 1.82) is 0 Å². The molecule has 0 aromatic heterocycles. The normalized spacial score (nSPS) is 59.6. The topological polar surface area (TPSA) is 26.0 Å². The Morgan fingerprint density at radius 2 is 1.75 bits per heavy atom. The predicted molar refractivity (Wildman–Crippen MR) is 68.0 cm³/mol. The zero-order chi connectivity index (χ0) is 11.8. The van der Waals surface area contributed by atoms with Crippen LogP contribution in [0.25, 0.3) is 0 Å². The fourth-order valence-electron chi connectivity index (χ4n) is 6.87. The molecule has 92 valence electrons. The summed E-state index contributed by atoms with van der Waals surface area (Å²) < 4.78 is 0. The van der Waals surface area contributed by atoms with Crippen LogP contribution in [0.3, 0.4) is 0 Å². The molecule has 5 atom stereocenters. The van der Waals surface area contributed by atoms with E-state index in [0.29, 0.717) is 10.8 Å². The summed E-state index contributed by atoms with van der Waals surface area (Å²) in [5.74, 6) is 2.43. The number of hydrogen-bond acceptors (Lipinski definition) is 1. The van der Waals surface area contributed by atoms with Gasteiger partial charge in [-0.25, -0.2) is 0 Å². The Morgan fingerprint density at radius 3 is 2.25 bits per heavy atom. The summed E-state index contributed by atoms with van der Waals surface area (Å²) in [5, 5.41) is 0. The van der Waals surface area contributed by atoms with Gasteiger partial charge >= 0.3 is 0 Å². The van der Waals surface area contributed by atoms with Crippen LogP contribution >= 0.6 is 0 Å². The van der Waals surface area contributed by atoms with Crippen molar-refractivity contribution < 1.29 is 0 Å². The molecule has 0 aromatic rings. The molecule has 2 N–H and O–H groups in total. The predicted octanol–water partition coefficient (Wildman–Crippen LogP) is 3.58. The highest BCUT2D eigenvalue weighted by Crippen LogP contribution is 2.69. The average Bonchev–Trinajstić information content (AvgIpc) is 1.91. The Kier molecular flexibility index (Phi) is 1.98. The molecule has 0 saturated heterocycles. The third-order valence-corrected chi connectivity index (χ3v) is 5.83. The summed E-state index contributed by atoms with van der Waals surface area (Å²) in [5.41, 5.74) is 8.10. The standard InChI is InChI=1S/C15H27N/c1-10(2)12-14(4)6-11-5-13(3,8-14)9-15(12,16)7-11/h10-12H,5-9,16H2,1-4H3. The van der Waals surface area contributed by atoms with Gasteiger partial charge in [-0.15, -0.1) is 0 Å². The Hall–Kier alpha value is -0.0400. The van der Waals surface area contributed by atoms with Crippen molar-refractivity contribution in [3.63, 3.8) is 0 Å². The fraction of sp³-hybridized carbons (Fsp3) is 1.00. The van der Waals surface area contributed by atoms with Crippen molar-refractivity contribution in [3.05, 3.63) is 0 Å². The van der Waals surface area contributed by atoms with Crippen molar-refractivity contribution in [1.82, 2.24) is 0 Å². The van der Waals surface area contributed by atoms with Crippen LogP contribution in [0.4, 0.5) is 0 Å². The van der Waals surface area contributed by atoms with Crippen molar-refractivity contribution in [2.75, 3.05) is 0 Å². The van der Waals surface area contributed by atoms with Crippen LogP contribution in [-0.4, -0.2) is 5.54 Å². The molecule has 4 aliphatic carbocycles. The maximum atomic E-state index is 6.84. The van der Waals surface area contributed by atoms with Crippen LogP contribution < -0.4 is 5.73 Å². The molecule has 4 fully saturated rings. The molecule has 0 heterocycles. The minimum absolute atomic E-state index is 0.164. The summed E-state index contributed by atoms with van der Waals surface area (Å²) in [6, 6.07) is 0. The van der Waals surface area contributed by atoms with E-state index < -0.39 is 0 Å². The molecule has 4 aliphatic rings. The summed E-state index contributed by atoms with van der Waals surface area (Å²) in [6.45, 7) is 9.79. The fourth-order valence-corrected chi connectivity index (χ4v) is 6.87. The van der Waals surface area contributed by atoms with Crippen LogP contribution in [0.1, 0.15) is 59.8 Å². The van der Waals surface area contributed by atoms with Crippen LogP contribution in [0.15, 0.2) is 0 Å². The second-order valence-electron chi connectivity index (χ2n) is 8.25. The molecular weight excluding hydrogens is 194 g/mol. The van der Waals surface area contributed by atoms with Crippen LogP contribution in [0.2, 0.25) is 0 Å². The van der Waals surface area contributed by atoms with Crippen molar-refractivity contribution in [2.45, 2.75) is 65.3 Å². The second-order valence-corrected chi connectivity index (χ2v) is 8.25. The van der Waals surface area contributed by atoms with E-state index in [2.05, 4.69) is 27.7 Å². The van der Waals surface area contributed by atoms with Crippen LogP contribution in [0, 0.1) is 28.6 Å². The van der Waals surface area contributed by atoms with Gasteiger partial charge in [0.1, 0.15) is 0 Å². The molecule has 4 rings (SSSR count). The quantitative estimate of drug-likeness (QED) is 0.719. The number of nitrogens with two attached hydrogens (primary N) is 1. The lowest BCUT2D eigenvalue weighted by Gasteiger charge is -2.69. The first-order valence-electron chi connectivity index (χ1n) is 7.05. The largest absolute Gasteiger partial charge is 0.325 e. The maximum absolute atomic E-state index is 6.84. The van der Waals surface area contributed by atoms with E-state index in [1.807, 2.05) is 0 Å². The first kappa shape index (κ1) is 11.1. The smallest absolute Gasteiger partial charge is 0.0198 e. The molecule has 5 unspecified atom stereocenters. The molecule has 16 heavy (non-hydrogen) atoms. The molecule has 0 aromatic carbocycles. The first-order valence-corrected chi connectivity index (χ1v) is 7.05. The van der Waals surface area contributed by atoms with Gasteiger partial charge in [0.05, 0.1) is 0 Å². The van der Waals surface area contributed by atoms with Crippen molar-refractivity contribution in [3.8, 4) is 0 Å². The van der Waals surface area contributed by atoms with Gasteiger partial charge in [0, 0.05) is 5.54 Å². The van der Waals surface area contributed by atoms with Gasteiger partial charge in [-0.3, -0.25) is 0 Å². The van der Waals surface area contributed by atoms with E-state index in [-0.39, 0.29) is 5.54 Å². The van der Waals surface area contributed by atoms with Gasteiger partial charge in [0.2, 0.25) is 0 Å². The zero-order valence-electron chi connectivity index (χ0n) is 11.3. The number of rotatable bonds is 1. The monoisotopic (exact) mass is 221 g/mol. The van der Waals surface area contributed by atoms with E-state index in [1.54, 1.807) is 0 Å². The van der Waals surface area contributed by atoms with Gasteiger partial charge < -0.3 is 5.73 Å². The second kappa shape index (κ2) is 2.85. The molecule has 0 spiro atoms. The van der Waals surface area contributed by atoms with Gasteiger partial charge in [-0.05, 0) is 60.7 Å². The minimum atomic E-state index is 0.164. The summed E-state index contributed by atoms with van der Waals surface area (Å²) in [7, 11) is 0. The lowest BCUT2D eigenvalue weighted by molar-refractivity contribution is -0.166. The summed E-state index contributed by atoms with van der Waals surface area (Å²) >= 11 is 0. The van der Waals surface area contributed by atoms with Gasteiger partial charge in [-0.1, -0.05) is 27.7 Å². The van der Waals surface area contributed by atoms with Gasteiger partial charge in [0.25, 0.3) is 0 Å². The van der Waals surface area contributed by atoms with Gasteiger partial charge in [0.15, 0.2) is 0 Å². The first-order chi connectivity index (χ1) is 7.27. The molecule has 0 aliphatic heterocycles. The van der Waals surface area contributed by atoms with E-state index in [9.17, 15) is 0 Å². The lowest BCUT2D eigenvalue weighted by Crippen LogP contribution is -2.69. The molecule has 4 saturated carbocycles. The van der Waals surface area contributed by atoms with Crippen molar-refractivity contribution in [2.24, 2.45) is 34.3 Å². The maximum Gasteiger partial charge on any atom is 0.0198 e. The molecule has 1 nitrogen and oxygen atoms in total. The third kappa shape index (κ3) is 1.27. The third-order valence-electron chi connectivity index (χ3n) is 5.83. The Bertz CT molecular complexity index is 299. The molecule has 1 heteroatoms. The molecule has 0 radical (unpaired) electrons. The zero-order valence-corrected chi connectivity index (χ0v) is 11.3. The Balaban J connectivity index is 2.05. The van der Waals surface area contributed by atoms with Crippen LogP contribution in [-0.2, 0) is 0 Å². The average molecular weight is 221 g/mol. The minimum Gasteiger partial charge on any atom is -0.325 e. The van der Waals surface area contributed by atoms with E-state index in [1.165, 1.54) is 32.1 Å². The highest BCUT2D eigenvalue weighted by molar-refractivity contribution is 5.17. The summed E-state index contributed by atoms with van der Waals surface area (Å²) in [4.78, 5) is 0. The SMILES string of the molecule is CC(C)C1C2(C)CC3CC(C)(C2)CC1(N)C3. The van der Waals surface area contributed by atoms with E-state index in [4.69, 9.17) is 5.73 Å². The van der Waals surface area contributed by atoms with E-state index in [0.717, 1.165) is 17.8 Å². The van der Waals surface area contributed by atoms with Crippen LogP contribution in [0.5, 0.6) is 0 Å². The molecular formula is C15H27N. The summed E-state index contributed by atoms with van der Waals surface area (Å²) in [6.07, 6.45) is 6.92. The van der Waals surface area contributed by atoms with Gasteiger partial charge in [-0.2, -0.15) is 0 Å². The number of hydrogen-bond donors (Lipinski definition) is 1. The Labute approximate surface area is 100 Å². The molecule has 0 amide bonds. The molecule has 4 bridgehead atoms. The van der Waals surface area contributed by atoms with E-state index >= 15 is 0 Å². The lowest BCUT2D eigenvalue weighted by atomic mass is 9.37. The Morgan fingerprint density at radius 1 is 1.06 bits per heavy atom. The highest BCUT2D eigenvalue weighted by Gasteiger charge is 2.64. The highest BCUT2D eigenvalue weighted by atomic mass is 14.9.